The largest absolute Gasteiger partial charge is 0.434 e. The van der Waals surface area contributed by atoms with Crippen LogP contribution in [0.4, 0.5) is 27.8 Å². The van der Waals surface area contributed by atoms with Gasteiger partial charge in [0.05, 0.1) is 5.02 Å². The van der Waals surface area contributed by atoms with Gasteiger partial charge in [0.1, 0.15) is 5.82 Å². The lowest BCUT2D eigenvalue weighted by Gasteiger charge is -2.24. The van der Waals surface area contributed by atoms with Crippen LogP contribution in [0.5, 0.6) is 0 Å². The zero-order valence-electron chi connectivity index (χ0n) is 13.3. The van der Waals surface area contributed by atoms with E-state index >= 15 is 0 Å². The first kappa shape index (κ1) is 19.9. The van der Waals surface area contributed by atoms with Crippen molar-refractivity contribution < 1.29 is 22.0 Å². The van der Waals surface area contributed by atoms with Crippen molar-refractivity contribution in [1.29, 1.82) is 0 Å². The van der Waals surface area contributed by atoms with Crippen LogP contribution in [0.2, 0.25) is 5.02 Å². The van der Waals surface area contributed by atoms with Crippen LogP contribution in [0.25, 0.3) is 0 Å². The van der Waals surface area contributed by atoms with Crippen molar-refractivity contribution in [2.24, 2.45) is 0 Å². The number of anilines is 1. The van der Waals surface area contributed by atoms with Gasteiger partial charge in [0.15, 0.2) is 5.69 Å². The quantitative estimate of drug-likeness (QED) is 0.597. The van der Waals surface area contributed by atoms with Crippen LogP contribution >= 0.6 is 11.6 Å². The molecule has 0 amide bonds. The van der Waals surface area contributed by atoms with E-state index in [2.05, 4.69) is 4.98 Å². The highest BCUT2D eigenvalue weighted by Crippen LogP contribution is 2.37. The van der Waals surface area contributed by atoms with Gasteiger partial charge in [-0.2, -0.15) is 13.2 Å². The molecule has 132 valence electrons. The molecule has 0 radical (unpaired) electrons. The summed E-state index contributed by atoms with van der Waals surface area (Å²) in [5, 5.41) is -0.482. The Labute approximate surface area is 137 Å². The molecule has 1 aliphatic heterocycles. The second-order valence-electron chi connectivity index (χ2n) is 5.15. The third-order valence-corrected chi connectivity index (χ3v) is 3.71. The first-order valence-electron chi connectivity index (χ1n) is 7.47. The molecule has 1 saturated heterocycles. The minimum atomic E-state index is -4.67. The molecular formula is C15H20ClF5N2. The maximum Gasteiger partial charge on any atom is 0.434 e. The summed E-state index contributed by atoms with van der Waals surface area (Å²) in [5.74, 6) is -2.70. The van der Waals surface area contributed by atoms with E-state index in [0.29, 0.717) is 5.56 Å². The molecule has 1 aromatic rings. The molecule has 2 rings (SSSR count). The molecule has 1 aliphatic rings. The number of pyridine rings is 1. The number of halogens is 6. The SMILES string of the molecule is CC.Cc1cc(Cl)c(C(F)(F)F)nc1N1CCCC(F)(F)CC1. The summed E-state index contributed by atoms with van der Waals surface area (Å²) in [7, 11) is 0. The molecule has 0 aromatic carbocycles. The van der Waals surface area contributed by atoms with Crippen molar-refractivity contribution in [3.05, 3.63) is 22.3 Å². The number of hydrogen-bond acceptors (Lipinski definition) is 2. The summed E-state index contributed by atoms with van der Waals surface area (Å²) in [6, 6.07) is 1.18. The average molecular weight is 359 g/mol. The Morgan fingerprint density at radius 3 is 2.35 bits per heavy atom. The highest BCUT2D eigenvalue weighted by molar-refractivity contribution is 6.31. The minimum Gasteiger partial charge on any atom is -0.356 e. The smallest absolute Gasteiger partial charge is 0.356 e. The van der Waals surface area contributed by atoms with Crippen molar-refractivity contribution >= 4 is 17.4 Å². The monoisotopic (exact) mass is 358 g/mol. The molecule has 1 aromatic heterocycles. The molecule has 0 saturated carbocycles. The summed E-state index contributed by atoms with van der Waals surface area (Å²) >= 11 is 5.58. The fraction of sp³-hybridized carbons (Fsp3) is 0.667. The Hall–Kier alpha value is -1.11. The van der Waals surface area contributed by atoms with Crippen LogP contribution in [-0.4, -0.2) is 24.0 Å². The van der Waals surface area contributed by atoms with E-state index in [4.69, 9.17) is 11.6 Å². The summed E-state index contributed by atoms with van der Waals surface area (Å²) in [6.07, 6.45) is -5.12. The standard InChI is InChI=1S/C13H14ClF5N2.C2H6/c1-8-7-9(14)10(13(17,18)19)20-11(8)21-5-2-3-12(15,16)4-6-21;1-2/h7H,2-6H2,1H3;1-2H3. The number of aromatic nitrogens is 1. The zero-order chi connectivity index (χ0) is 17.8. The average Bonchev–Trinajstić information content (AvgIpc) is 2.61. The lowest BCUT2D eigenvalue weighted by Crippen LogP contribution is -2.28. The summed E-state index contributed by atoms with van der Waals surface area (Å²) in [6.45, 7) is 5.79. The van der Waals surface area contributed by atoms with Gasteiger partial charge in [-0.3, -0.25) is 0 Å². The molecule has 0 N–H and O–H groups in total. The fourth-order valence-corrected chi connectivity index (χ4v) is 2.68. The van der Waals surface area contributed by atoms with E-state index in [1.54, 1.807) is 6.92 Å². The Bertz CT molecular complexity index is 531. The molecule has 0 aliphatic carbocycles. The third-order valence-electron chi connectivity index (χ3n) is 3.43. The van der Waals surface area contributed by atoms with Crippen LogP contribution in [0.1, 0.15) is 44.4 Å². The van der Waals surface area contributed by atoms with Gasteiger partial charge in [0, 0.05) is 25.9 Å². The molecular weight excluding hydrogens is 339 g/mol. The van der Waals surface area contributed by atoms with E-state index in [-0.39, 0.29) is 31.7 Å². The van der Waals surface area contributed by atoms with Crippen LogP contribution in [0, 0.1) is 6.92 Å². The first-order valence-corrected chi connectivity index (χ1v) is 7.85. The fourth-order valence-electron chi connectivity index (χ4n) is 2.37. The molecule has 1 fully saturated rings. The number of nitrogens with zero attached hydrogens (tertiary/aromatic N) is 2. The van der Waals surface area contributed by atoms with Crippen LogP contribution in [-0.2, 0) is 6.18 Å². The van der Waals surface area contributed by atoms with Crippen molar-refractivity contribution in [3.8, 4) is 0 Å². The van der Waals surface area contributed by atoms with Gasteiger partial charge in [0.25, 0.3) is 0 Å². The van der Waals surface area contributed by atoms with Crippen molar-refractivity contribution in [1.82, 2.24) is 4.98 Å². The number of hydrogen-bond donors (Lipinski definition) is 0. The third kappa shape index (κ3) is 5.19. The predicted molar refractivity (Wildman–Crippen MR) is 81.3 cm³/mol. The Kier molecular flexibility index (Phi) is 6.62. The van der Waals surface area contributed by atoms with Crippen LogP contribution in [0.3, 0.4) is 0 Å². The number of alkyl halides is 5. The van der Waals surface area contributed by atoms with E-state index in [1.807, 2.05) is 13.8 Å². The Morgan fingerprint density at radius 1 is 1.17 bits per heavy atom. The molecule has 8 heteroatoms. The van der Waals surface area contributed by atoms with Gasteiger partial charge in [-0.05, 0) is 25.0 Å². The highest BCUT2D eigenvalue weighted by Gasteiger charge is 2.37. The van der Waals surface area contributed by atoms with Gasteiger partial charge in [0.2, 0.25) is 5.92 Å². The molecule has 23 heavy (non-hydrogen) atoms. The molecule has 2 nitrogen and oxygen atoms in total. The molecule has 0 unspecified atom stereocenters. The molecule has 2 heterocycles. The van der Waals surface area contributed by atoms with E-state index < -0.39 is 29.2 Å². The maximum atomic E-state index is 13.3. The van der Waals surface area contributed by atoms with Crippen LogP contribution in [0.15, 0.2) is 6.07 Å². The zero-order valence-corrected chi connectivity index (χ0v) is 14.0. The van der Waals surface area contributed by atoms with Crippen molar-refractivity contribution in [2.75, 3.05) is 18.0 Å². The van der Waals surface area contributed by atoms with E-state index in [1.165, 1.54) is 11.0 Å². The van der Waals surface area contributed by atoms with Crippen LogP contribution < -0.4 is 4.90 Å². The van der Waals surface area contributed by atoms with Crippen molar-refractivity contribution in [2.45, 2.75) is 52.1 Å². The van der Waals surface area contributed by atoms with Gasteiger partial charge < -0.3 is 4.90 Å². The second-order valence-corrected chi connectivity index (χ2v) is 5.56. The molecule has 0 bridgehead atoms. The lowest BCUT2D eigenvalue weighted by molar-refractivity contribution is -0.141. The highest BCUT2D eigenvalue weighted by atomic mass is 35.5. The van der Waals surface area contributed by atoms with Crippen molar-refractivity contribution in [3.63, 3.8) is 0 Å². The Morgan fingerprint density at radius 2 is 1.78 bits per heavy atom. The second kappa shape index (κ2) is 7.64. The first-order chi connectivity index (χ1) is 10.6. The molecule has 0 spiro atoms. The summed E-state index contributed by atoms with van der Waals surface area (Å²) in [4.78, 5) is 5.05. The number of rotatable bonds is 1. The minimum absolute atomic E-state index is 0.0280. The predicted octanol–water partition coefficient (Wildman–Crippen LogP) is 5.71. The maximum absolute atomic E-state index is 13.3. The Balaban J connectivity index is 0.00000127. The number of aryl methyl sites for hydroxylation is 1. The van der Waals surface area contributed by atoms with Gasteiger partial charge in [-0.25, -0.2) is 13.8 Å². The molecule has 0 atom stereocenters. The lowest BCUT2D eigenvalue weighted by atomic mass is 10.1. The summed E-state index contributed by atoms with van der Waals surface area (Å²) in [5.41, 5.74) is -0.737. The van der Waals surface area contributed by atoms with Gasteiger partial charge >= 0.3 is 6.18 Å². The topological polar surface area (TPSA) is 16.1 Å². The van der Waals surface area contributed by atoms with Gasteiger partial charge in [-0.15, -0.1) is 0 Å². The van der Waals surface area contributed by atoms with Gasteiger partial charge in [-0.1, -0.05) is 25.4 Å². The summed E-state index contributed by atoms with van der Waals surface area (Å²) < 4.78 is 65.2. The van der Waals surface area contributed by atoms with E-state index in [0.717, 1.165) is 0 Å². The normalized spacial score (nSPS) is 18.0. The van der Waals surface area contributed by atoms with E-state index in [9.17, 15) is 22.0 Å².